The van der Waals surface area contributed by atoms with Crippen molar-refractivity contribution in [1.29, 1.82) is 0 Å². The Bertz CT molecular complexity index is 510. The van der Waals surface area contributed by atoms with Crippen molar-refractivity contribution in [3.63, 3.8) is 0 Å². The summed E-state index contributed by atoms with van der Waals surface area (Å²) in [6.07, 6.45) is 3.49. The predicted octanol–water partition coefficient (Wildman–Crippen LogP) is 0.698. The molecule has 6 heteroatoms. The molecule has 1 aromatic carbocycles. The number of hydrogen-bond acceptors (Lipinski definition) is 5. The van der Waals surface area contributed by atoms with Gasteiger partial charge in [-0.15, -0.1) is 5.10 Å². The summed E-state index contributed by atoms with van der Waals surface area (Å²) < 4.78 is 1.74. The Hall–Kier alpha value is -1.92. The third-order valence-electron chi connectivity index (χ3n) is 2.96. The molecule has 0 aliphatic heterocycles. The molecule has 0 saturated heterocycles. The van der Waals surface area contributed by atoms with E-state index in [1.807, 2.05) is 18.3 Å². The molecule has 0 amide bonds. The highest BCUT2D eigenvalue weighted by molar-refractivity contribution is 5.25. The monoisotopic (exact) mass is 276 g/mol. The molecule has 2 rings (SSSR count). The number of aliphatic hydroxyl groups excluding tert-OH is 1. The maximum Gasteiger partial charge on any atom is 0.115 e. The van der Waals surface area contributed by atoms with E-state index in [0.29, 0.717) is 25.3 Å². The lowest BCUT2D eigenvalue weighted by atomic mass is 10.1. The van der Waals surface area contributed by atoms with Gasteiger partial charge in [-0.1, -0.05) is 17.3 Å². The maximum atomic E-state index is 9.19. The van der Waals surface area contributed by atoms with Crippen LogP contribution in [0.3, 0.4) is 0 Å². The summed E-state index contributed by atoms with van der Waals surface area (Å²) in [5.41, 5.74) is 2.08. The third-order valence-corrected chi connectivity index (χ3v) is 2.96. The van der Waals surface area contributed by atoms with Crippen molar-refractivity contribution in [3.05, 3.63) is 41.7 Å². The Morgan fingerprint density at radius 1 is 1.20 bits per heavy atom. The standard InChI is InChI=1S/C14H20N4O2/c19-9-1-8-18-11-13(16-17-18)10-15-7-6-12-2-4-14(20)5-3-12/h2-5,11,15,19-20H,1,6-10H2. The molecule has 0 unspecified atom stereocenters. The Morgan fingerprint density at radius 2 is 2.00 bits per heavy atom. The molecule has 1 heterocycles. The Balaban J connectivity index is 1.67. The van der Waals surface area contributed by atoms with Gasteiger partial charge < -0.3 is 15.5 Å². The average Bonchev–Trinajstić information content (AvgIpc) is 2.91. The summed E-state index contributed by atoms with van der Waals surface area (Å²) in [6.45, 7) is 2.38. The molecule has 0 atom stereocenters. The number of rotatable bonds is 8. The first-order valence-corrected chi connectivity index (χ1v) is 6.76. The van der Waals surface area contributed by atoms with Crippen molar-refractivity contribution >= 4 is 0 Å². The van der Waals surface area contributed by atoms with Gasteiger partial charge in [0.15, 0.2) is 0 Å². The quantitative estimate of drug-likeness (QED) is 0.618. The molecule has 1 aromatic heterocycles. The van der Waals surface area contributed by atoms with Crippen molar-refractivity contribution in [2.45, 2.75) is 25.9 Å². The van der Waals surface area contributed by atoms with Crippen molar-refractivity contribution in [2.75, 3.05) is 13.2 Å². The Kier molecular flexibility index (Phi) is 5.52. The van der Waals surface area contributed by atoms with Crippen molar-refractivity contribution in [1.82, 2.24) is 20.3 Å². The van der Waals surface area contributed by atoms with E-state index in [0.717, 1.165) is 18.7 Å². The third kappa shape index (κ3) is 4.64. The summed E-state index contributed by atoms with van der Waals surface area (Å²) in [7, 11) is 0. The van der Waals surface area contributed by atoms with Gasteiger partial charge in [-0.05, 0) is 37.1 Å². The van der Waals surface area contributed by atoms with Gasteiger partial charge in [-0.2, -0.15) is 0 Å². The smallest absolute Gasteiger partial charge is 0.115 e. The molecule has 108 valence electrons. The van der Waals surface area contributed by atoms with Crippen LogP contribution in [0.4, 0.5) is 0 Å². The minimum atomic E-state index is 0.167. The number of aryl methyl sites for hydroxylation is 1. The van der Waals surface area contributed by atoms with Crippen LogP contribution in [0.15, 0.2) is 30.5 Å². The molecule has 0 saturated carbocycles. The number of phenols is 1. The van der Waals surface area contributed by atoms with Crippen LogP contribution in [0.5, 0.6) is 5.75 Å². The van der Waals surface area contributed by atoms with Crippen LogP contribution < -0.4 is 5.32 Å². The second-order valence-corrected chi connectivity index (χ2v) is 4.64. The summed E-state index contributed by atoms with van der Waals surface area (Å²) >= 11 is 0. The van der Waals surface area contributed by atoms with Gasteiger partial charge in [0.2, 0.25) is 0 Å². The molecular weight excluding hydrogens is 256 g/mol. The zero-order chi connectivity index (χ0) is 14.2. The maximum absolute atomic E-state index is 9.19. The van der Waals surface area contributed by atoms with E-state index >= 15 is 0 Å². The highest BCUT2D eigenvalue weighted by atomic mass is 16.3. The fourth-order valence-electron chi connectivity index (χ4n) is 1.87. The second-order valence-electron chi connectivity index (χ2n) is 4.64. The second kappa shape index (κ2) is 7.62. The lowest BCUT2D eigenvalue weighted by molar-refractivity contribution is 0.276. The lowest BCUT2D eigenvalue weighted by Crippen LogP contribution is -2.16. The van der Waals surface area contributed by atoms with Crippen LogP contribution in [0.2, 0.25) is 0 Å². The van der Waals surface area contributed by atoms with Crippen molar-refractivity contribution < 1.29 is 10.2 Å². The van der Waals surface area contributed by atoms with Gasteiger partial charge in [0.1, 0.15) is 5.75 Å². The molecule has 0 aliphatic carbocycles. The number of nitrogens with one attached hydrogen (secondary N) is 1. The Morgan fingerprint density at radius 3 is 2.75 bits per heavy atom. The summed E-state index contributed by atoms with van der Waals surface area (Å²) in [4.78, 5) is 0. The number of nitrogens with zero attached hydrogens (tertiary/aromatic N) is 3. The van der Waals surface area contributed by atoms with Gasteiger partial charge in [-0.25, -0.2) is 0 Å². The van der Waals surface area contributed by atoms with E-state index in [1.165, 1.54) is 5.56 Å². The van der Waals surface area contributed by atoms with Crippen LogP contribution in [0.1, 0.15) is 17.7 Å². The zero-order valence-corrected chi connectivity index (χ0v) is 11.4. The fourth-order valence-corrected chi connectivity index (χ4v) is 1.87. The van der Waals surface area contributed by atoms with Gasteiger partial charge in [0, 0.05) is 25.9 Å². The molecule has 3 N–H and O–H groups in total. The molecular formula is C14H20N4O2. The molecule has 0 fully saturated rings. The van der Waals surface area contributed by atoms with E-state index in [9.17, 15) is 5.11 Å². The van der Waals surface area contributed by atoms with Crippen molar-refractivity contribution in [3.8, 4) is 5.75 Å². The first-order chi connectivity index (χ1) is 9.78. The molecule has 0 spiro atoms. The van der Waals surface area contributed by atoms with Gasteiger partial charge >= 0.3 is 0 Å². The fraction of sp³-hybridized carbons (Fsp3) is 0.429. The lowest BCUT2D eigenvalue weighted by Gasteiger charge is -2.03. The van der Waals surface area contributed by atoms with Crippen LogP contribution >= 0.6 is 0 Å². The predicted molar refractivity (Wildman–Crippen MR) is 75.2 cm³/mol. The van der Waals surface area contributed by atoms with Crippen LogP contribution in [-0.4, -0.2) is 38.4 Å². The first kappa shape index (κ1) is 14.5. The minimum absolute atomic E-state index is 0.167. The van der Waals surface area contributed by atoms with Crippen LogP contribution in [0, 0.1) is 0 Å². The number of aromatic nitrogens is 3. The minimum Gasteiger partial charge on any atom is -0.508 e. The first-order valence-electron chi connectivity index (χ1n) is 6.76. The summed E-state index contributed by atoms with van der Waals surface area (Å²) in [5.74, 6) is 0.293. The number of hydrogen-bond donors (Lipinski definition) is 3. The average molecular weight is 276 g/mol. The molecule has 0 aliphatic rings. The highest BCUT2D eigenvalue weighted by Gasteiger charge is 2.00. The van der Waals surface area contributed by atoms with E-state index in [1.54, 1.807) is 16.8 Å². The SMILES string of the molecule is OCCCn1cc(CNCCc2ccc(O)cc2)nn1. The Labute approximate surface area is 118 Å². The summed E-state index contributed by atoms with van der Waals surface area (Å²) in [6, 6.07) is 7.23. The molecule has 20 heavy (non-hydrogen) atoms. The van der Waals surface area contributed by atoms with Gasteiger partial charge in [0.25, 0.3) is 0 Å². The van der Waals surface area contributed by atoms with E-state index < -0.39 is 0 Å². The molecule has 6 nitrogen and oxygen atoms in total. The van der Waals surface area contributed by atoms with E-state index in [2.05, 4.69) is 15.6 Å². The number of aromatic hydroxyl groups is 1. The van der Waals surface area contributed by atoms with Crippen molar-refractivity contribution in [2.24, 2.45) is 0 Å². The van der Waals surface area contributed by atoms with Gasteiger partial charge in [-0.3, -0.25) is 4.68 Å². The highest BCUT2D eigenvalue weighted by Crippen LogP contribution is 2.09. The normalized spacial score (nSPS) is 10.8. The molecule has 0 radical (unpaired) electrons. The largest absolute Gasteiger partial charge is 0.508 e. The molecule has 0 bridgehead atoms. The molecule has 2 aromatic rings. The zero-order valence-electron chi connectivity index (χ0n) is 11.4. The number of benzene rings is 1. The number of aliphatic hydroxyl groups is 1. The van der Waals surface area contributed by atoms with Gasteiger partial charge in [0.05, 0.1) is 5.69 Å². The van der Waals surface area contributed by atoms with E-state index in [4.69, 9.17) is 5.11 Å². The van der Waals surface area contributed by atoms with Crippen LogP contribution in [-0.2, 0) is 19.5 Å². The van der Waals surface area contributed by atoms with Crippen LogP contribution in [0.25, 0.3) is 0 Å². The van der Waals surface area contributed by atoms with E-state index in [-0.39, 0.29) is 6.61 Å². The summed E-state index contributed by atoms with van der Waals surface area (Å²) in [5, 5.41) is 29.3. The topological polar surface area (TPSA) is 83.2 Å². The number of phenolic OH excluding ortho intramolecular Hbond substituents is 1.